The lowest BCUT2D eigenvalue weighted by molar-refractivity contribution is -0.139. The predicted octanol–water partition coefficient (Wildman–Crippen LogP) is 0.846. The molecule has 2 amide bonds. The topological polar surface area (TPSA) is 116 Å². The Balaban J connectivity index is 2.61. The van der Waals surface area contributed by atoms with Gasteiger partial charge in [-0.05, 0) is 31.2 Å². The molecular weight excluding hydrogens is 264 g/mol. The summed E-state index contributed by atoms with van der Waals surface area (Å²) in [6.07, 6.45) is -0.0774. The van der Waals surface area contributed by atoms with E-state index in [4.69, 9.17) is 10.2 Å². The normalized spacial score (nSPS) is 11.5. The molecule has 0 saturated heterocycles. The Kier molecular flexibility index (Phi) is 5.67. The number of aliphatic carboxylic acids is 1. The summed E-state index contributed by atoms with van der Waals surface area (Å²) in [6, 6.07) is 4.34. The summed E-state index contributed by atoms with van der Waals surface area (Å²) in [7, 11) is 0. The molecule has 0 bridgehead atoms. The molecule has 4 N–H and O–H groups in total. The second kappa shape index (κ2) is 7.25. The molecule has 0 unspecified atom stereocenters. The quantitative estimate of drug-likeness (QED) is 0.576. The molecule has 0 heterocycles. The fraction of sp³-hybridized carbons (Fsp3) is 0.308. The molecule has 0 radical (unpaired) electrons. The van der Waals surface area contributed by atoms with Gasteiger partial charge in [0.25, 0.3) is 0 Å². The highest BCUT2D eigenvalue weighted by Gasteiger charge is 2.19. The highest BCUT2D eigenvalue weighted by Crippen LogP contribution is 2.10. The monoisotopic (exact) mass is 280 g/mol. The number of carboxylic acids is 1. The maximum absolute atomic E-state index is 11.6. The van der Waals surface area contributed by atoms with E-state index in [9.17, 15) is 14.4 Å². The Hall–Kier alpha value is -2.41. The first-order valence-electron chi connectivity index (χ1n) is 5.96. The first-order chi connectivity index (χ1) is 9.43. The number of ketones is 1. The van der Waals surface area contributed by atoms with Crippen molar-refractivity contribution in [3.05, 3.63) is 29.8 Å². The van der Waals surface area contributed by atoms with Crippen LogP contribution >= 0.6 is 0 Å². The number of hydrogen-bond acceptors (Lipinski definition) is 4. The number of urea groups is 1. The number of hydrogen-bond donors (Lipinski definition) is 4. The Bertz CT molecular complexity index is 498. The number of anilines is 1. The fourth-order valence-corrected chi connectivity index (χ4v) is 1.50. The molecule has 7 heteroatoms. The van der Waals surface area contributed by atoms with Crippen LogP contribution in [0.4, 0.5) is 10.5 Å². The van der Waals surface area contributed by atoms with Crippen molar-refractivity contribution >= 4 is 23.5 Å². The molecule has 20 heavy (non-hydrogen) atoms. The molecule has 0 aliphatic rings. The number of aliphatic hydroxyl groups excluding tert-OH is 1. The molecule has 1 aromatic carbocycles. The number of carbonyl (C=O) groups is 3. The summed E-state index contributed by atoms with van der Waals surface area (Å²) in [4.78, 5) is 33.5. The van der Waals surface area contributed by atoms with E-state index in [1.807, 2.05) is 0 Å². The van der Waals surface area contributed by atoms with Crippen molar-refractivity contribution < 1.29 is 24.6 Å². The number of benzene rings is 1. The third kappa shape index (κ3) is 4.69. The predicted molar refractivity (Wildman–Crippen MR) is 71.7 cm³/mol. The molecule has 1 rings (SSSR count). The van der Waals surface area contributed by atoms with Crippen LogP contribution in [0.2, 0.25) is 0 Å². The van der Waals surface area contributed by atoms with E-state index in [-0.39, 0.29) is 18.8 Å². The summed E-state index contributed by atoms with van der Waals surface area (Å²) in [6.45, 7) is 1.09. The number of nitrogens with one attached hydrogen (secondary N) is 2. The number of rotatable bonds is 6. The van der Waals surface area contributed by atoms with Crippen LogP contribution in [0.25, 0.3) is 0 Å². The van der Waals surface area contributed by atoms with Crippen LogP contribution < -0.4 is 10.6 Å². The van der Waals surface area contributed by atoms with Crippen LogP contribution in [-0.4, -0.2) is 40.6 Å². The molecule has 0 saturated carbocycles. The molecule has 108 valence electrons. The molecule has 0 aliphatic heterocycles. The Morgan fingerprint density at radius 1 is 1.20 bits per heavy atom. The zero-order chi connectivity index (χ0) is 15.1. The van der Waals surface area contributed by atoms with E-state index in [0.717, 1.165) is 0 Å². The van der Waals surface area contributed by atoms with Crippen LogP contribution in [0.3, 0.4) is 0 Å². The number of carbonyl (C=O) groups excluding carboxylic acids is 2. The summed E-state index contributed by atoms with van der Waals surface area (Å²) < 4.78 is 0. The van der Waals surface area contributed by atoms with Gasteiger partial charge in [0.15, 0.2) is 5.78 Å². The van der Waals surface area contributed by atoms with Crippen molar-refractivity contribution in [2.75, 3.05) is 11.9 Å². The highest BCUT2D eigenvalue weighted by atomic mass is 16.4. The van der Waals surface area contributed by atoms with Crippen molar-refractivity contribution in [1.29, 1.82) is 0 Å². The second-order valence-electron chi connectivity index (χ2n) is 4.14. The zero-order valence-corrected chi connectivity index (χ0v) is 10.9. The van der Waals surface area contributed by atoms with Gasteiger partial charge in [-0.2, -0.15) is 0 Å². The molecular formula is C13H16N2O5. The molecule has 7 nitrogen and oxygen atoms in total. The van der Waals surface area contributed by atoms with Gasteiger partial charge in [0.2, 0.25) is 0 Å². The summed E-state index contributed by atoms with van der Waals surface area (Å²) in [5, 5.41) is 22.2. The van der Waals surface area contributed by atoms with Crippen molar-refractivity contribution in [2.45, 2.75) is 19.4 Å². The Morgan fingerprint density at radius 2 is 1.80 bits per heavy atom. The molecule has 1 aromatic rings. The van der Waals surface area contributed by atoms with Crippen molar-refractivity contribution in [1.82, 2.24) is 5.32 Å². The summed E-state index contributed by atoms with van der Waals surface area (Å²) in [5.74, 6) is -1.31. The smallest absolute Gasteiger partial charge is 0.326 e. The molecule has 1 atom stereocenters. The van der Waals surface area contributed by atoms with Gasteiger partial charge in [0.1, 0.15) is 6.04 Å². The molecule has 0 aliphatic carbocycles. The van der Waals surface area contributed by atoms with E-state index >= 15 is 0 Å². The molecule has 0 aromatic heterocycles. The minimum absolute atomic E-state index is 0.0774. The maximum Gasteiger partial charge on any atom is 0.326 e. The standard InChI is InChI=1S/C13H16N2O5/c1-8(17)9-2-4-10(5-3-9)14-13(20)15-11(6-7-16)12(18)19/h2-5,11,16H,6-7H2,1H3,(H,18,19)(H2,14,15,20)/t11-/m1/s1. The fourth-order valence-electron chi connectivity index (χ4n) is 1.50. The van der Waals surface area contributed by atoms with E-state index in [0.29, 0.717) is 11.3 Å². The van der Waals surface area contributed by atoms with E-state index in [1.54, 1.807) is 12.1 Å². The van der Waals surface area contributed by atoms with Gasteiger partial charge in [0, 0.05) is 24.3 Å². The largest absolute Gasteiger partial charge is 0.480 e. The molecule has 0 spiro atoms. The van der Waals surface area contributed by atoms with Crippen molar-refractivity contribution in [3.8, 4) is 0 Å². The second-order valence-corrected chi connectivity index (χ2v) is 4.14. The minimum atomic E-state index is -1.22. The van der Waals surface area contributed by atoms with Gasteiger partial charge in [-0.3, -0.25) is 4.79 Å². The summed E-state index contributed by atoms with van der Waals surface area (Å²) >= 11 is 0. The average molecular weight is 280 g/mol. The lowest BCUT2D eigenvalue weighted by Crippen LogP contribution is -2.43. The first kappa shape index (κ1) is 15.6. The third-order valence-electron chi connectivity index (χ3n) is 2.57. The van der Waals surface area contributed by atoms with Gasteiger partial charge in [-0.15, -0.1) is 0 Å². The highest BCUT2D eigenvalue weighted by molar-refractivity contribution is 5.95. The lowest BCUT2D eigenvalue weighted by atomic mass is 10.1. The zero-order valence-electron chi connectivity index (χ0n) is 10.9. The number of carboxylic acid groups (broad SMARTS) is 1. The number of Topliss-reactive ketones (excluding diaryl/α,β-unsaturated/α-hetero) is 1. The van der Waals surface area contributed by atoms with E-state index in [1.165, 1.54) is 19.1 Å². The minimum Gasteiger partial charge on any atom is -0.480 e. The maximum atomic E-state index is 11.6. The van der Waals surface area contributed by atoms with Crippen LogP contribution in [0, 0.1) is 0 Å². The van der Waals surface area contributed by atoms with E-state index < -0.39 is 18.0 Å². The van der Waals surface area contributed by atoms with Crippen LogP contribution in [0.5, 0.6) is 0 Å². The van der Waals surface area contributed by atoms with Gasteiger partial charge in [-0.1, -0.05) is 0 Å². The van der Waals surface area contributed by atoms with Gasteiger partial charge < -0.3 is 20.8 Å². The van der Waals surface area contributed by atoms with E-state index in [2.05, 4.69) is 10.6 Å². The number of aliphatic hydroxyl groups is 1. The summed E-state index contributed by atoms with van der Waals surface area (Å²) in [5.41, 5.74) is 0.945. The van der Waals surface area contributed by atoms with Crippen LogP contribution in [0.1, 0.15) is 23.7 Å². The lowest BCUT2D eigenvalue weighted by Gasteiger charge is -2.14. The van der Waals surface area contributed by atoms with Crippen molar-refractivity contribution in [2.24, 2.45) is 0 Å². The average Bonchev–Trinajstić information content (AvgIpc) is 2.38. The SMILES string of the molecule is CC(=O)c1ccc(NC(=O)N[C@H](CCO)C(=O)O)cc1. The van der Waals surface area contributed by atoms with Crippen LogP contribution in [0.15, 0.2) is 24.3 Å². The first-order valence-corrected chi connectivity index (χ1v) is 5.96. The van der Waals surface area contributed by atoms with Gasteiger partial charge in [0.05, 0.1) is 0 Å². The van der Waals surface area contributed by atoms with Gasteiger partial charge in [-0.25, -0.2) is 9.59 Å². The number of amides is 2. The Morgan fingerprint density at radius 3 is 2.25 bits per heavy atom. The molecule has 0 fully saturated rings. The van der Waals surface area contributed by atoms with Crippen LogP contribution in [-0.2, 0) is 4.79 Å². The third-order valence-corrected chi connectivity index (χ3v) is 2.57. The van der Waals surface area contributed by atoms with Crippen molar-refractivity contribution in [3.63, 3.8) is 0 Å². The Labute approximate surface area is 115 Å². The van der Waals surface area contributed by atoms with Gasteiger partial charge >= 0.3 is 12.0 Å².